The molecule has 0 fully saturated rings. The van der Waals surface area contributed by atoms with Gasteiger partial charge in [0.25, 0.3) is 0 Å². The summed E-state index contributed by atoms with van der Waals surface area (Å²) in [5.41, 5.74) is 9.33. The fourth-order valence-electron chi connectivity index (χ4n) is 7.19. The molecule has 0 N–H and O–H groups in total. The van der Waals surface area contributed by atoms with Crippen LogP contribution in [0.5, 0.6) is 11.5 Å². The average molecular weight is 672 g/mol. The Bertz CT molecular complexity index is 2400. The van der Waals surface area contributed by atoms with Crippen LogP contribution in [0.15, 0.2) is 122 Å². The molecule has 1 aliphatic heterocycles. The average Bonchev–Trinajstić information content (AvgIpc) is 3.67. The highest BCUT2D eigenvalue weighted by Gasteiger charge is 2.31. The van der Waals surface area contributed by atoms with E-state index in [1.165, 1.54) is 27.5 Å². The van der Waals surface area contributed by atoms with Crippen LogP contribution >= 0.6 is 0 Å². The lowest BCUT2D eigenvalue weighted by Gasteiger charge is -2.25. The molecule has 4 aromatic carbocycles. The largest absolute Gasteiger partial charge is 0.457 e. The van der Waals surface area contributed by atoms with Crippen molar-refractivity contribution in [2.24, 2.45) is 0 Å². The normalized spacial score (nSPS) is 13.2. The van der Waals surface area contributed by atoms with E-state index in [1.54, 1.807) is 0 Å². The van der Waals surface area contributed by atoms with Gasteiger partial charge >= 0.3 is 0 Å². The smallest absolute Gasteiger partial charge is 0.137 e. The van der Waals surface area contributed by atoms with Crippen molar-refractivity contribution in [3.05, 3.63) is 138 Å². The molecular weight excluding hydrogens is 627 g/mol. The van der Waals surface area contributed by atoms with Gasteiger partial charge in [0.15, 0.2) is 0 Å². The van der Waals surface area contributed by atoms with Gasteiger partial charge in [0.1, 0.15) is 29.8 Å². The summed E-state index contributed by atoms with van der Waals surface area (Å²) >= 11 is 0. The predicted octanol–water partition coefficient (Wildman–Crippen LogP) is 12.2. The zero-order chi connectivity index (χ0) is 35.4. The van der Waals surface area contributed by atoms with Gasteiger partial charge < -0.3 is 14.5 Å². The van der Waals surface area contributed by atoms with E-state index >= 15 is 0 Å². The van der Waals surface area contributed by atoms with Crippen LogP contribution in [0.2, 0.25) is 0 Å². The Morgan fingerprint density at radius 3 is 2.14 bits per heavy atom. The molecule has 0 aliphatic carbocycles. The van der Waals surface area contributed by atoms with E-state index < -0.39 is 0 Å². The second kappa shape index (κ2) is 12.6. The van der Waals surface area contributed by atoms with Gasteiger partial charge in [-0.25, -0.2) is 9.97 Å². The molecule has 0 unspecified atom stereocenters. The van der Waals surface area contributed by atoms with Crippen LogP contribution in [-0.4, -0.2) is 21.2 Å². The molecule has 6 nitrogen and oxygen atoms in total. The Kier molecular flexibility index (Phi) is 8.06. The number of anilines is 4. The number of ether oxygens (including phenoxy) is 1. The van der Waals surface area contributed by atoms with Crippen molar-refractivity contribution in [1.29, 1.82) is 0 Å². The second-order valence-electron chi connectivity index (χ2n) is 15.3. The lowest BCUT2D eigenvalue weighted by molar-refractivity contribution is 0.483. The number of benzene rings is 4. The molecule has 1 aliphatic rings. The Hall–Kier alpha value is -5.62. The molecule has 6 heteroatoms. The Morgan fingerprint density at radius 2 is 1.37 bits per heavy atom. The number of pyridine rings is 2. The Balaban J connectivity index is 1.15. The molecule has 0 radical (unpaired) electrons. The van der Waals surface area contributed by atoms with Crippen molar-refractivity contribution in [2.45, 2.75) is 65.7 Å². The first-order valence-corrected chi connectivity index (χ1v) is 18.0. The minimum absolute atomic E-state index is 0.00817. The van der Waals surface area contributed by atoms with Crippen LogP contribution in [0.1, 0.15) is 77.0 Å². The Morgan fingerprint density at radius 1 is 0.647 bits per heavy atom. The van der Waals surface area contributed by atoms with E-state index in [1.807, 2.05) is 18.5 Å². The number of fused-ring (bicyclic) bond motifs is 4. The summed E-state index contributed by atoms with van der Waals surface area (Å²) in [6.07, 6.45) is 3.96. The van der Waals surface area contributed by atoms with Crippen LogP contribution in [0.4, 0.5) is 22.9 Å². The first kappa shape index (κ1) is 32.6. The molecule has 0 atom stereocenters. The fraction of sp³-hybridized carbons (Fsp3) is 0.244. The third kappa shape index (κ3) is 5.89. The molecule has 0 amide bonds. The highest BCUT2D eigenvalue weighted by molar-refractivity contribution is 6.09. The van der Waals surface area contributed by atoms with Gasteiger partial charge in [0, 0.05) is 41.0 Å². The van der Waals surface area contributed by atoms with Gasteiger partial charge in [-0.3, -0.25) is 4.57 Å². The third-order valence-electron chi connectivity index (χ3n) is 10.1. The lowest BCUT2D eigenvalue weighted by Crippen LogP contribution is -2.25. The predicted molar refractivity (Wildman–Crippen MR) is 212 cm³/mol. The van der Waals surface area contributed by atoms with E-state index in [0.29, 0.717) is 18.5 Å². The summed E-state index contributed by atoms with van der Waals surface area (Å²) in [7, 11) is 0. The van der Waals surface area contributed by atoms with Gasteiger partial charge in [0.2, 0.25) is 0 Å². The van der Waals surface area contributed by atoms with Crippen molar-refractivity contribution in [1.82, 2.24) is 14.5 Å². The van der Waals surface area contributed by atoms with E-state index in [2.05, 4.69) is 166 Å². The van der Waals surface area contributed by atoms with Crippen LogP contribution < -0.4 is 14.5 Å². The second-order valence-corrected chi connectivity index (χ2v) is 15.3. The molecule has 0 spiro atoms. The summed E-state index contributed by atoms with van der Waals surface area (Å²) < 4.78 is 8.91. The van der Waals surface area contributed by atoms with E-state index in [9.17, 15) is 0 Å². The number of aromatic nitrogens is 3. The van der Waals surface area contributed by atoms with Crippen LogP contribution in [0, 0.1) is 0 Å². The van der Waals surface area contributed by atoms with Gasteiger partial charge in [-0.1, -0.05) is 90.9 Å². The molecule has 51 heavy (non-hydrogen) atoms. The molecule has 0 bridgehead atoms. The SMILES string of the molecule is CC(C)c1cnc(N2CN(c3cccc(Oc4ccc5c6ccccc6n(-c6cc(C(C)(C)C)ccn6)c5c4)c3)c3ccccc32)c(C(C)C)c1. The molecular formula is C45H45N5O. The highest BCUT2D eigenvalue weighted by Crippen LogP contribution is 2.46. The van der Waals surface area contributed by atoms with Crippen molar-refractivity contribution >= 4 is 44.7 Å². The number of rotatable bonds is 7. The molecule has 8 rings (SSSR count). The van der Waals surface area contributed by atoms with E-state index in [0.717, 1.165) is 51.2 Å². The highest BCUT2D eigenvalue weighted by atomic mass is 16.5. The van der Waals surface area contributed by atoms with E-state index in [4.69, 9.17) is 14.7 Å². The summed E-state index contributed by atoms with van der Waals surface area (Å²) in [5, 5.41) is 2.36. The number of hydrogen-bond donors (Lipinski definition) is 0. The fourth-order valence-corrected chi connectivity index (χ4v) is 7.19. The maximum Gasteiger partial charge on any atom is 0.137 e. The third-order valence-corrected chi connectivity index (χ3v) is 10.1. The van der Waals surface area contributed by atoms with Gasteiger partial charge in [-0.2, -0.15) is 0 Å². The summed E-state index contributed by atoms with van der Waals surface area (Å²) in [4.78, 5) is 14.6. The zero-order valence-electron chi connectivity index (χ0n) is 30.6. The molecule has 7 aromatic rings. The maximum atomic E-state index is 6.65. The quantitative estimate of drug-likeness (QED) is 0.169. The van der Waals surface area contributed by atoms with E-state index in [-0.39, 0.29) is 5.41 Å². The van der Waals surface area contributed by atoms with Crippen molar-refractivity contribution in [2.75, 3.05) is 16.5 Å². The molecule has 0 saturated heterocycles. The van der Waals surface area contributed by atoms with Crippen molar-refractivity contribution < 1.29 is 4.74 Å². The van der Waals surface area contributed by atoms with Crippen LogP contribution in [0.3, 0.4) is 0 Å². The number of nitrogens with zero attached hydrogens (tertiary/aromatic N) is 5. The lowest BCUT2D eigenvalue weighted by atomic mass is 9.88. The minimum atomic E-state index is 0.00817. The first-order valence-electron chi connectivity index (χ1n) is 18.0. The first-order chi connectivity index (χ1) is 24.6. The van der Waals surface area contributed by atoms with Gasteiger partial charge in [0.05, 0.1) is 22.4 Å². The number of para-hydroxylation sites is 3. The summed E-state index contributed by atoms with van der Waals surface area (Å²) in [6.45, 7) is 16.3. The van der Waals surface area contributed by atoms with Crippen molar-refractivity contribution in [3.8, 4) is 17.3 Å². The molecule has 0 saturated carbocycles. The number of hydrogen-bond acceptors (Lipinski definition) is 5. The minimum Gasteiger partial charge on any atom is -0.457 e. The van der Waals surface area contributed by atoms with Crippen LogP contribution in [0.25, 0.3) is 27.6 Å². The maximum absolute atomic E-state index is 6.65. The van der Waals surface area contributed by atoms with Crippen LogP contribution in [-0.2, 0) is 5.41 Å². The Labute approximate surface area is 301 Å². The summed E-state index contributed by atoms with van der Waals surface area (Å²) in [6, 6.07) is 38.5. The molecule has 3 aromatic heterocycles. The molecule has 4 heterocycles. The van der Waals surface area contributed by atoms with Crippen molar-refractivity contribution in [3.63, 3.8) is 0 Å². The van der Waals surface area contributed by atoms with Gasteiger partial charge in [-0.15, -0.1) is 0 Å². The molecule has 256 valence electrons. The monoisotopic (exact) mass is 671 g/mol. The topological polar surface area (TPSA) is 46.4 Å². The van der Waals surface area contributed by atoms with Gasteiger partial charge in [-0.05, 0) is 88.5 Å². The zero-order valence-corrected chi connectivity index (χ0v) is 30.6. The standard InChI is InChI=1S/C45H45N5O/c1-29(2)31-23-38(30(3)4)44(47-27-31)49-28-48(40-17-10-11-18-41(40)49)33-13-12-14-34(25-33)51-35-19-20-37-36-15-8-9-16-39(36)50(42(37)26-35)43-24-32(21-22-46-43)45(5,6)7/h8-27,29-30H,28H2,1-7H3. The summed E-state index contributed by atoms with van der Waals surface area (Å²) in [5.74, 6) is 4.24.